The summed E-state index contributed by atoms with van der Waals surface area (Å²) in [7, 11) is 0. The van der Waals surface area contributed by atoms with Crippen molar-refractivity contribution in [1.82, 2.24) is 5.32 Å². The Morgan fingerprint density at radius 2 is 2.15 bits per heavy atom. The molecule has 0 radical (unpaired) electrons. The molecule has 0 fully saturated rings. The largest absolute Gasteiger partial charge is 0.409 e. The minimum absolute atomic E-state index is 0.0213. The van der Waals surface area contributed by atoms with Crippen LogP contribution < -0.4 is 11.1 Å². The van der Waals surface area contributed by atoms with E-state index in [0.717, 1.165) is 16.6 Å². The Morgan fingerprint density at radius 1 is 1.40 bits per heavy atom. The molecule has 1 atom stereocenters. The number of hydrogen-bond donors (Lipinski definition) is 3. The number of nitrogens with two attached hydrogens (primary N) is 1. The zero-order valence-electron chi connectivity index (χ0n) is 10.8. The molecule has 106 valence electrons. The van der Waals surface area contributed by atoms with Crippen molar-refractivity contribution < 1.29 is 5.21 Å². The molecule has 0 aliphatic carbocycles. The van der Waals surface area contributed by atoms with Gasteiger partial charge in [0, 0.05) is 33.7 Å². The van der Waals surface area contributed by atoms with Crippen molar-refractivity contribution >= 4 is 33.1 Å². The van der Waals surface area contributed by atoms with Crippen molar-refractivity contribution in [3.8, 4) is 0 Å². The van der Waals surface area contributed by atoms with Gasteiger partial charge in [0.1, 0.15) is 5.84 Å². The lowest BCUT2D eigenvalue weighted by molar-refractivity contribution is 0.315. The summed E-state index contributed by atoms with van der Waals surface area (Å²) < 4.78 is 1.09. The number of amidine groups is 1. The second-order valence-corrected chi connectivity index (χ2v) is 6.28. The molecule has 4 N–H and O–H groups in total. The maximum Gasteiger partial charge on any atom is 0.141 e. The van der Waals surface area contributed by atoms with E-state index in [0.29, 0.717) is 6.42 Å². The molecule has 1 heterocycles. The summed E-state index contributed by atoms with van der Waals surface area (Å²) in [6.07, 6.45) is 0.465. The van der Waals surface area contributed by atoms with Crippen molar-refractivity contribution in [2.75, 3.05) is 0 Å². The average molecular weight is 354 g/mol. The fraction of sp³-hybridized carbons (Fsp3) is 0.214. The molecule has 0 saturated heterocycles. The van der Waals surface area contributed by atoms with Gasteiger partial charge in [-0.05, 0) is 27.6 Å². The molecule has 2 rings (SSSR count). The number of thiophene rings is 1. The molecule has 0 aliphatic heterocycles. The normalized spacial score (nSPS) is 13.3. The van der Waals surface area contributed by atoms with E-state index in [1.165, 1.54) is 4.88 Å². The van der Waals surface area contributed by atoms with Crippen LogP contribution in [0.3, 0.4) is 0 Å². The molecule has 0 bridgehead atoms. The predicted octanol–water partition coefficient (Wildman–Crippen LogP) is 3.48. The summed E-state index contributed by atoms with van der Waals surface area (Å²) in [4.78, 5) is 1.23. The number of halogens is 1. The van der Waals surface area contributed by atoms with Gasteiger partial charge in [-0.2, -0.15) is 0 Å². The van der Waals surface area contributed by atoms with Crippen LogP contribution >= 0.6 is 27.3 Å². The molecule has 6 heteroatoms. The third-order valence-corrected chi connectivity index (χ3v) is 4.59. The van der Waals surface area contributed by atoms with Crippen molar-refractivity contribution in [3.63, 3.8) is 0 Å². The van der Waals surface area contributed by atoms with E-state index in [9.17, 15) is 0 Å². The molecule has 0 amide bonds. The minimum Gasteiger partial charge on any atom is -0.409 e. The van der Waals surface area contributed by atoms with E-state index >= 15 is 0 Å². The van der Waals surface area contributed by atoms with Crippen LogP contribution in [-0.4, -0.2) is 11.0 Å². The summed E-state index contributed by atoms with van der Waals surface area (Å²) in [5, 5.41) is 17.3. The summed E-state index contributed by atoms with van der Waals surface area (Å²) in [6, 6.07) is 12.1. The number of nitrogens with zero attached hydrogens (tertiary/aromatic N) is 1. The Balaban J connectivity index is 2.06. The third-order valence-electron chi connectivity index (χ3n) is 2.89. The molecule has 1 aromatic heterocycles. The lowest BCUT2D eigenvalue weighted by Gasteiger charge is -2.18. The fourth-order valence-corrected chi connectivity index (χ4v) is 3.32. The van der Waals surface area contributed by atoms with Crippen LogP contribution in [-0.2, 0) is 6.54 Å². The Bertz CT molecular complexity index is 571. The first kappa shape index (κ1) is 15.0. The topological polar surface area (TPSA) is 70.6 Å². The van der Waals surface area contributed by atoms with Gasteiger partial charge in [-0.25, -0.2) is 0 Å². The lowest BCUT2D eigenvalue weighted by atomic mass is 10.0. The van der Waals surface area contributed by atoms with Gasteiger partial charge in [-0.15, -0.1) is 11.3 Å². The molecule has 1 unspecified atom stereocenters. The second kappa shape index (κ2) is 7.42. The van der Waals surface area contributed by atoms with Crippen LogP contribution in [0.5, 0.6) is 0 Å². The fourth-order valence-electron chi connectivity index (χ4n) is 1.91. The van der Waals surface area contributed by atoms with E-state index in [1.807, 2.05) is 30.3 Å². The Labute approximate surface area is 130 Å². The number of benzene rings is 1. The Morgan fingerprint density at radius 3 is 2.75 bits per heavy atom. The molecule has 0 saturated carbocycles. The first-order valence-electron chi connectivity index (χ1n) is 6.16. The van der Waals surface area contributed by atoms with Crippen molar-refractivity contribution in [3.05, 3.63) is 56.7 Å². The van der Waals surface area contributed by atoms with Gasteiger partial charge in [0.25, 0.3) is 0 Å². The quantitative estimate of drug-likeness (QED) is 0.322. The van der Waals surface area contributed by atoms with E-state index in [-0.39, 0.29) is 11.9 Å². The van der Waals surface area contributed by atoms with Gasteiger partial charge in [0.2, 0.25) is 0 Å². The van der Waals surface area contributed by atoms with Crippen LogP contribution in [0.15, 0.2) is 51.4 Å². The van der Waals surface area contributed by atoms with Crippen LogP contribution in [0.2, 0.25) is 0 Å². The standard InChI is InChI=1S/C14H16BrN3OS/c15-11-6-12(20-9-11)8-17-13(7-14(16)18-19)10-4-2-1-3-5-10/h1-6,9,13,17,19H,7-8H2,(H2,16,18). The minimum atomic E-state index is 0.0213. The van der Waals surface area contributed by atoms with Gasteiger partial charge in [-0.3, -0.25) is 0 Å². The zero-order valence-corrected chi connectivity index (χ0v) is 13.2. The molecule has 2 aromatic rings. The Kier molecular flexibility index (Phi) is 5.58. The van der Waals surface area contributed by atoms with Crippen LogP contribution in [0.1, 0.15) is 22.9 Å². The van der Waals surface area contributed by atoms with Gasteiger partial charge in [-0.1, -0.05) is 35.5 Å². The lowest BCUT2D eigenvalue weighted by Crippen LogP contribution is -2.26. The van der Waals surface area contributed by atoms with E-state index < -0.39 is 0 Å². The van der Waals surface area contributed by atoms with Gasteiger partial charge in [0.05, 0.1) is 0 Å². The average Bonchev–Trinajstić information content (AvgIpc) is 2.89. The van der Waals surface area contributed by atoms with Crippen LogP contribution in [0, 0.1) is 0 Å². The van der Waals surface area contributed by atoms with Crippen molar-refractivity contribution in [2.45, 2.75) is 19.0 Å². The Hall–Kier alpha value is -1.37. The molecule has 4 nitrogen and oxygen atoms in total. The highest BCUT2D eigenvalue weighted by Gasteiger charge is 2.13. The number of nitrogens with one attached hydrogen (secondary N) is 1. The highest BCUT2D eigenvalue weighted by atomic mass is 79.9. The van der Waals surface area contributed by atoms with Crippen molar-refractivity contribution in [1.29, 1.82) is 0 Å². The highest BCUT2D eigenvalue weighted by molar-refractivity contribution is 9.10. The molecular formula is C14H16BrN3OS. The maximum absolute atomic E-state index is 8.75. The van der Waals surface area contributed by atoms with Crippen LogP contribution in [0.4, 0.5) is 0 Å². The number of rotatable bonds is 6. The molecule has 0 aliphatic rings. The third kappa shape index (κ3) is 4.33. The zero-order chi connectivity index (χ0) is 14.4. The SMILES string of the molecule is NC(CC(NCc1cc(Br)cs1)c1ccccc1)=NO. The maximum atomic E-state index is 8.75. The summed E-state index contributed by atoms with van der Waals surface area (Å²) in [5.74, 6) is 0.221. The van der Waals surface area contributed by atoms with Gasteiger partial charge >= 0.3 is 0 Å². The molecule has 0 spiro atoms. The first-order valence-corrected chi connectivity index (χ1v) is 7.84. The molecule has 1 aromatic carbocycles. The van der Waals surface area contributed by atoms with E-state index in [4.69, 9.17) is 10.9 Å². The van der Waals surface area contributed by atoms with Crippen LogP contribution in [0.25, 0.3) is 0 Å². The van der Waals surface area contributed by atoms with E-state index in [2.05, 4.69) is 37.8 Å². The molecular weight excluding hydrogens is 338 g/mol. The molecule has 20 heavy (non-hydrogen) atoms. The number of oxime groups is 1. The highest BCUT2D eigenvalue weighted by Crippen LogP contribution is 2.22. The van der Waals surface area contributed by atoms with Crippen molar-refractivity contribution in [2.24, 2.45) is 10.9 Å². The summed E-state index contributed by atoms with van der Waals surface area (Å²) in [5.41, 5.74) is 6.76. The second-order valence-electron chi connectivity index (χ2n) is 4.37. The number of hydrogen-bond acceptors (Lipinski definition) is 4. The van der Waals surface area contributed by atoms with E-state index in [1.54, 1.807) is 11.3 Å². The van der Waals surface area contributed by atoms with Gasteiger partial charge < -0.3 is 16.3 Å². The predicted molar refractivity (Wildman–Crippen MR) is 86.1 cm³/mol. The smallest absolute Gasteiger partial charge is 0.141 e. The first-order chi connectivity index (χ1) is 9.69. The summed E-state index contributed by atoms with van der Waals surface area (Å²) in [6.45, 7) is 0.745. The summed E-state index contributed by atoms with van der Waals surface area (Å²) >= 11 is 5.14. The monoisotopic (exact) mass is 353 g/mol. The van der Waals surface area contributed by atoms with Gasteiger partial charge in [0.15, 0.2) is 0 Å².